The van der Waals surface area contributed by atoms with E-state index in [0.29, 0.717) is 5.41 Å². The van der Waals surface area contributed by atoms with Crippen LogP contribution in [0.25, 0.3) is 0 Å². The zero-order valence-electron chi connectivity index (χ0n) is 13.6. The van der Waals surface area contributed by atoms with Crippen molar-refractivity contribution in [3.63, 3.8) is 0 Å². The van der Waals surface area contributed by atoms with Crippen LogP contribution in [-0.4, -0.2) is 36.1 Å². The van der Waals surface area contributed by atoms with E-state index in [0.717, 1.165) is 18.5 Å². The third-order valence-corrected chi connectivity index (χ3v) is 3.98. The number of hydrogen-bond acceptors (Lipinski definition) is 2. The normalized spacial score (nSPS) is 27.5. The van der Waals surface area contributed by atoms with E-state index in [1.165, 1.54) is 25.9 Å². The van der Waals surface area contributed by atoms with E-state index in [4.69, 9.17) is 0 Å². The fourth-order valence-electron chi connectivity index (χ4n) is 2.71. The smallest absolute Gasteiger partial charge is 0.00967 e. The third-order valence-electron chi connectivity index (χ3n) is 3.98. The van der Waals surface area contributed by atoms with E-state index >= 15 is 0 Å². The summed E-state index contributed by atoms with van der Waals surface area (Å²) in [4.78, 5) is 2.69. The molecule has 0 radical (unpaired) electrons. The molecule has 108 valence electrons. The van der Waals surface area contributed by atoms with Crippen molar-refractivity contribution in [2.75, 3.05) is 19.6 Å². The molecule has 2 atom stereocenters. The average Bonchev–Trinajstić information content (AvgIpc) is 2.20. The van der Waals surface area contributed by atoms with Crippen molar-refractivity contribution in [1.29, 1.82) is 0 Å². The van der Waals surface area contributed by atoms with Crippen LogP contribution in [0.2, 0.25) is 0 Å². The van der Waals surface area contributed by atoms with Crippen LogP contribution in [0.4, 0.5) is 0 Å². The van der Waals surface area contributed by atoms with Crippen LogP contribution in [0, 0.1) is 11.3 Å². The highest BCUT2D eigenvalue weighted by Crippen LogP contribution is 2.26. The lowest BCUT2D eigenvalue weighted by atomic mass is 9.87. The second-order valence-corrected chi connectivity index (χ2v) is 8.23. The Labute approximate surface area is 115 Å². The number of nitrogens with one attached hydrogen (secondary N) is 1. The van der Waals surface area contributed by atoms with Crippen molar-refractivity contribution in [1.82, 2.24) is 10.2 Å². The molecule has 0 spiro atoms. The highest BCUT2D eigenvalue weighted by Gasteiger charge is 2.29. The van der Waals surface area contributed by atoms with E-state index in [-0.39, 0.29) is 5.54 Å². The van der Waals surface area contributed by atoms with Gasteiger partial charge in [0.2, 0.25) is 0 Å². The summed E-state index contributed by atoms with van der Waals surface area (Å²) in [6.07, 6.45) is 2.77. The lowest BCUT2D eigenvalue weighted by Crippen LogP contribution is -2.50. The van der Waals surface area contributed by atoms with Gasteiger partial charge in [0.05, 0.1) is 0 Å². The van der Waals surface area contributed by atoms with Crippen LogP contribution in [0.5, 0.6) is 0 Å². The molecule has 0 aliphatic carbocycles. The molecule has 1 heterocycles. The summed E-state index contributed by atoms with van der Waals surface area (Å²) < 4.78 is 0. The van der Waals surface area contributed by atoms with Crippen LogP contribution < -0.4 is 5.32 Å². The van der Waals surface area contributed by atoms with Crippen molar-refractivity contribution in [2.24, 2.45) is 11.3 Å². The predicted octanol–water partition coefficient (Wildman–Crippen LogP) is 3.52. The largest absolute Gasteiger partial charge is 0.311 e. The first-order valence-electron chi connectivity index (χ1n) is 7.58. The molecule has 1 saturated heterocycles. The Morgan fingerprint density at radius 3 is 2.22 bits per heavy atom. The first-order valence-corrected chi connectivity index (χ1v) is 7.58. The summed E-state index contributed by atoms with van der Waals surface area (Å²) in [7, 11) is 0. The molecule has 1 fully saturated rings. The zero-order valence-corrected chi connectivity index (χ0v) is 13.6. The Bertz CT molecular complexity index is 252. The van der Waals surface area contributed by atoms with Crippen molar-refractivity contribution in [3.05, 3.63) is 0 Å². The minimum absolute atomic E-state index is 0.220. The summed E-state index contributed by atoms with van der Waals surface area (Å²) in [6.45, 7) is 19.9. The Morgan fingerprint density at radius 2 is 1.67 bits per heavy atom. The standard InChI is InChI=1S/C16H34N2/c1-13-8-9-14(2)18(10-13)12-16(6,7)11-17-15(3,4)5/h13-14,17H,8-12H2,1-7H3. The fraction of sp³-hybridized carbons (Fsp3) is 1.00. The summed E-state index contributed by atoms with van der Waals surface area (Å²) >= 11 is 0. The van der Waals surface area contributed by atoms with E-state index < -0.39 is 0 Å². The highest BCUT2D eigenvalue weighted by atomic mass is 15.2. The van der Waals surface area contributed by atoms with Gasteiger partial charge in [-0.15, -0.1) is 0 Å². The fourth-order valence-corrected chi connectivity index (χ4v) is 2.71. The van der Waals surface area contributed by atoms with Crippen LogP contribution in [0.15, 0.2) is 0 Å². The number of piperidine rings is 1. The summed E-state index contributed by atoms with van der Waals surface area (Å²) in [5.74, 6) is 0.868. The topological polar surface area (TPSA) is 15.3 Å². The Morgan fingerprint density at radius 1 is 1.06 bits per heavy atom. The molecule has 1 rings (SSSR count). The maximum atomic E-state index is 3.65. The maximum absolute atomic E-state index is 3.65. The maximum Gasteiger partial charge on any atom is 0.00967 e. The predicted molar refractivity (Wildman–Crippen MR) is 81.0 cm³/mol. The zero-order chi connectivity index (χ0) is 14.0. The number of rotatable bonds is 4. The average molecular weight is 254 g/mol. The van der Waals surface area contributed by atoms with Gasteiger partial charge >= 0.3 is 0 Å². The van der Waals surface area contributed by atoms with Crippen molar-refractivity contribution in [3.8, 4) is 0 Å². The molecular formula is C16H34N2. The molecule has 0 saturated carbocycles. The highest BCUT2D eigenvalue weighted by molar-refractivity contribution is 4.85. The first-order chi connectivity index (χ1) is 8.09. The Hall–Kier alpha value is -0.0800. The molecule has 0 aromatic heterocycles. The number of hydrogen-bond donors (Lipinski definition) is 1. The minimum atomic E-state index is 0.220. The Kier molecular flexibility index (Phi) is 5.25. The van der Waals surface area contributed by atoms with Crippen LogP contribution >= 0.6 is 0 Å². The number of likely N-dealkylation sites (tertiary alicyclic amines) is 1. The Balaban J connectivity index is 2.48. The molecule has 2 unspecified atom stereocenters. The van der Waals surface area contributed by atoms with E-state index in [2.05, 4.69) is 58.7 Å². The summed E-state index contributed by atoms with van der Waals surface area (Å²) in [5.41, 5.74) is 0.566. The van der Waals surface area contributed by atoms with Crippen molar-refractivity contribution < 1.29 is 0 Å². The van der Waals surface area contributed by atoms with Gasteiger partial charge in [-0.2, -0.15) is 0 Å². The summed E-state index contributed by atoms with van der Waals surface area (Å²) in [5, 5.41) is 3.65. The van der Waals surface area contributed by atoms with Gasteiger partial charge < -0.3 is 5.32 Å². The lowest BCUT2D eigenvalue weighted by molar-refractivity contribution is 0.0771. The molecule has 0 bridgehead atoms. The molecule has 0 aromatic carbocycles. The van der Waals surface area contributed by atoms with Gasteiger partial charge in [0.25, 0.3) is 0 Å². The van der Waals surface area contributed by atoms with Gasteiger partial charge in [-0.05, 0) is 51.9 Å². The number of nitrogens with zero attached hydrogens (tertiary/aromatic N) is 1. The third kappa shape index (κ3) is 5.71. The minimum Gasteiger partial charge on any atom is -0.311 e. The molecule has 18 heavy (non-hydrogen) atoms. The van der Waals surface area contributed by atoms with Crippen LogP contribution in [-0.2, 0) is 0 Å². The van der Waals surface area contributed by atoms with E-state index in [1.807, 2.05) is 0 Å². The quantitative estimate of drug-likeness (QED) is 0.826. The first kappa shape index (κ1) is 16.0. The molecule has 1 aliphatic rings. The van der Waals surface area contributed by atoms with E-state index in [9.17, 15) is 0 Å². The molecular weight excluding hydrogens is 220 g/mol. The monoisotopic (exact) mass is 254 g/mol. The van der Waals surface area contributed by atoms with Gasteiger partial charge in [0.15, 0.2) is 0 Å². The summed E-state index contributed by atoms with van der Waals surface area (Å²) in [6, 6.07) is 0.759. The second-order valence-electron chi connectivity index (χ2n) is 8.23. The van der Waals surface area contributed by atoms with Gasteiger partial charge in [-0.1, -0.05) is 20.8 Å². The molecule has 1 N–H and O–H groups in total. The van der Waals surface area contributed by atoms with Gasteiger partial charge in [-0.3, -0.25) is 4.90 Å². The van der Waals surface area contributed by atoms with Crippen LogP contribution in [0.3, 0.4) is 0 Å². The van der Waals surface area contributed by atoms with Crippen molar-refractivity contribution >= 4 is 0 Å². The molecule has 0 aromatic rings. The van der Waals surface area contributed by atoms with Gasteiger partial charge in [0.1, 0.15) is 0 Å². The molecule has 2 nitrogen and oxygen atoms in total. The second kappa shape index (κ2) is 5.92. The van der Waals surface area contributed by atoms with Crippen molar-refractivity contribution in [2.45, 2.75) is 72.9 Å². The molecule has 2 heteroatoms. The van der Waals surface area contributed by atoms with Gasteiger partial charge in [-0.25, -0.2) is 0 Å². The molecule has 0 amide bonds. The van der Waals surface area contributed by atoms with Gasteiger partial charge in [0, 0.05) is 31.2 Å². The SMILES string of the molecule is CC1CCC(C)N(CC(C)(C)CNC(C)(C)C)C1. The lowest BCUT2D eigenvalue weighted by Gasteiger charge is -2.42. The van der Waals surface area contributed by atoms with Crippen LogP contribution in [0.1, 0.15) is 61.3 Å². The van der Waals surface area contributed by atoms with E-state index in [1.54, 1.807) is 0 Å². The molecule has 1 aliphatic heterocycles.